The van der Waals surface area contributed by atoms with Crippen LogP contribution in [0.1, 0.15) is 23.1 Å². The number of para-hydroxylation sites is 1. The van der Waals surface area contributed by atoms with Crippen molar-refractivity contribution in [1.29, 1.82) is 0 Å². The highest BCUT2D eigenvalue weighted by atomic mass is 127. The van der Waals surface area contributed by atoms with Crippen molar-refractivity contribution in [2.75, 3.05) is 11.9 Å². The van der Waals surface area contributed by atoms with Crippen molar-refractivity contribution in [1.82, 2.24) is 15.1 Å². The van der Waals surface area contributed by atoms with E-state index in [1.807, 2.05) is 48.3 Å². The SMILES string of the molecule is Cc1ccc(CN=C(NCCCc2cnn(C)c2)Nc2ccccc2)cc1.I. The van der Waals surface area contributed by atoms with Gasteiger partial charge in [-0.15, -0.1) is 24.0 Å². The Morgan fingerprint density at radius 3 is 2.46 bits per heavy atom. The van der Waals surface area contributed by atoms with E-state index >= 15 is 0 Å². The maximum absolute atomic E-state index is 4.75. The minimum absolute atomic E-state index is 0. The molecule has 1 aromatic heterocycles. The molecule has 0 saturated carbocycles. The Kier molecular flexibility index (Phi) is 9.00. The summed E-state index contributed by atoms with van der Waals surface area (Å²) in [6.07, 6.45) is 6.01. The smallest absolute Gasteiger partial charge is 0.196 e. The lowest BCUT2D eigenvalue weighted by molar-refractivity contribution is 0.757. The van der Waals surface area contributed by atoms with E-state index in [1.165, 1.54) is 16.7 Å². The highest BCUT2D eigenvalue weighted by molar-refractivity contribution is 14.0. The maximum atomic E-state index is 4.75. The molecule has 0 fully saturated rings. The molecule has 3 aromatic rings. The predicted molar refractivity (Wildman–Crippen MR) is 127 cm³/mol. The number of hydrogen-bond acceptors (Lipinski definition) is 2. The lowest BCUT2D eigenvalue weighted by Gasteiger charge is -2.12. The normalized spacial score (nSPS) is 11.0. The molecule has 28 heavy (non-hydrogen) atoms. The number of aromatic nitrogens is 2. The van der Waals surface area contributed by atoms with Gasteiger partial charge < -0.3 is 10.6 Å². The number of guanidine groups is 1. The van der Waals surface area contributed by atoms with Gasteiger partial charge in [-0.2, -0.15) is 5.10 Å². The Morgan fingerprint density at radius 2 is 1.79 bits per heavy atom. The van der Waals surface area contributed by atoms with Crippen molar-refractivity contribution in [2.24, 2.45) is 12.0 Å². The number of aliphatic imine (C=N–C) groups is 1. The molecule has 0 aliphatic rings. The van der Waals surface area contributed by atoms with Gasteiger partial charge in [0.05, 0.1) is 12.7 Å². The summed E-state index contributed by atoms with van der Waals surface area (Å²) in [6.45, 7) is 3.59. The average molecular weight is 489 g/mol. The van der Waals surface area contributed by atoms with Gasteiger partial charge in [-0.05, 0) is 43.0 Å². The second-order valence-corrected chi connectivity index (χ2v) is 6.69. The van der Waals surface area contributed by atoms with Gasteiger partial charge in [-0.1, -0.05) is 48.0 Å². The fraction of sp³-hybridized carbons (Fsp3) is 0.273. The van der Waals surface area contributed by atoms with Crippen LogP contribution < -0.4 is 10.6 Å². The van der Waals surface area contributed by atoms with Crippen LogP contribution in [0.15, 0.2) is 72.0 Å². The minimum atomic E-state index is 0. The largest absolute Gasteiger partial charge is 0.356 e. The number of benzene rings is 2. The molecule has 0 aliphatic heterocycles. The zero-order valence-corrected chi connectivity index (χ0v) is 18.8. The van der Waals surface area contributed by atoms with Crippen molar-refractivity contribution in [3.63, 3.8) is 0 Å². The van der Waals surface area contributed by atoms with Gasteiger partial charge >= 0.3 is 0 Å². The summed E-state index contributed by atoms with van der Waals surface area (Å²) in [7, 11) is 1.95. The van der Waals surface area contributed by atoms with Crippen LogP contribution in [0.3, 0.4) is 0 Å². The summed E-state index contributed by atoms with van der Waals surface area (Å²) in [5.41, 5.74) is 4.75. The summed E-state index contributed by atoms with van der Waals surface area (Å²) < 4.78 is 1.84. The highest BCUT2D eigenvalue weighted by Crippen LogP contribution is 2.07. The molecule has 3 rings (SSSR count). The van der Waals surface area contributed by atoms with E-state index in [4.69, 9.17) is 4.99 Å². The molecule has 2 aromatic carbocycles. The Labute approximate surface area is 184 Å². The van der Waals surface area contributed by atoms with E-state index in [2.05, 4.69) is 53.1 Å². The van der Waals surface area contributed by atoms with E-state index in [1.54, 1.807) is 0 Å². The Balaban J connectivity index is 0.00000280. The molecule has 0 amide bonds. The molecule has 1 heterocycles. The number of rotatable bonds is 7. The maximum Gasteiger partial charge on any atom is 0.196 e. The summed E-state index contributed by atoms with van der Waals surface area (Å²) >= 11 is 0. The van der Waals surface area contributed by atoms with Crippen molar-refractivity contribution < 1.29 is 0 Å². The quantitative estimate of drug-likeness (QED) is 0.222. The number of hydrogen-bond donors (Lipinski definition) is 2. The van der Waals surface area contributed by atoms with E-state index < -0.39 is 0 Å². The standard InChI is InChI=1S/C22H27N5.HI/c1-18-10-12-19(13-11-18)15-24-22(26-21-8-4-3-5-9-21)23-14-6-7-20-16-25-27(2)17-20;/h3-5,8-13,16-17H,6-7,14-15H2,1-2H3,(H2,23,24,26);1H. The Hall–Kier alpha value is -2.35. The van der Waals surface area contributed by atoms with Crippen LogP contribution in [0.25, 0.3) is 0 Å². The number of aryl methyl sites for hydroxylation is 3. The predicted octanol–water partition coefficient (Wildman–Crippen LogP) is 4.54. The summed E-state index contributed by atoms with van der Waals surface area (Å²) in [5.74, 6) is 0.799. The van der Waals surface area contributed by atoms with Crippen LogP contribution in [-0.4, -0.2) is 22.3 Å². The molecule has 0 bridgehead atoms. The van der Waals surface area contributed by atoms with Crippen LogP contribution in [0.2, 0.25) is 0 Å². The van der Waals surface area contributed by atoms with Crippen LogP contribution >= 0.6 is 24.0 Å². The molecule has 0 radical (unpaired) electrons. The van der Waals surface area contributed by atoms with Gasteiger partial charge in [0.1, 0.15) is 0 Å². The second-order valence-electron chi connectivity index (χ2n) is 6.69. The first-order valence-corrected chi connectivity index (χ1v) is 9.32. The zero-order chi connectivity index (χ0) is 18.9. The van der Waals surface area contributed by atoms with Gasteiger partial charge in [0.2, 0.25) is 0 Å². The van der Waals surface area contributed by atoms with Gasteiger partial charge in [-0.25, -0.2) is 4.99 Å². The van der Waals surface area contributed by atoms with E-state index in [0.717, 1.165) is 31.0 Å². The van der Waals surface area contributed by atoms with E-state index in [9.17, 15) is 0 Å². The molecule has 0 saturated heterocycles. The molecule has 148 valence electrons. The van der Waals surface area contributed by atoms with Crippen LogP contribution in [-0.2, 0) is 20.0 Å². The van der Waals surface area contributed by atoms with E-state index in [0.29, 0.717) is 6.54 Å². The van der Waals surface area contributed by atoms with E-state index in [-0.39, 0.29) is 24.0 Å². The monoisotopic (exact) mass is 489 g/mol. The molecule has 0 spiro atoms. The third-order valence-electron chi connectivity index (χ3n) is 4.27. The van der Waals surface area contributed by atoms with Crippen molar-refractivity contribution in [3.8, 4) is 0 Å². The molecule has 0 unspecified atom stereocenters. The fourth-order valence-corrected chi connectivity index (χ4v) is 2.76. The topological polar surface area (TPSA) is 54.2 Å². The zero-order valence-electron chi connectivity index (χ0n) is 16.4. The first kappa shape index (κ1) is 21.9. The molecule has 0 atom stereocenters. The highest BCUT2D eigenvalue weighted by Gasteiger charge is 2.02. The molecular formula is C22H28IN5. The summed E-state index contributed by atoms with van der Waals surface area (Å²) in [6, 6.07) is 18.6. The van der Waals surface area contributed by atoms with Gasteiger partial charge in [-0.3, -0.25) is 4.68 Å². The molecule has 0 aliphatic carbocycles. The number of halogens is 1. The van der Waals surface area contributed by atoms with Crippen molar-refractivity contribution >= 4 is 35.6 Å². The van der Waals surface area contributed by atoms with Gasteiger partial charge in [0.15, 0.2) is 5.96 Å². The van der Waals surface area contributed by atoms with Gasteiger partial charge in [0, 0.05) is 25.5 Å². The van der Waals surface area contributed by atoms with Crippen molar-refractivity contribution in [2.45, 2.75) is 26.3 Å². The molecular weight excluding hydrogens is 461 g/mol. The molecule has 2 N–H and O–H groups in total. The Morgan fingerprint density at radius 1 is 1.04 bits per heavy atom. The second kappa shape index (κ2) is 11.5. The number of nitrogens with zero attached hydrogens (tertiary/aromatic N) is 3. The third kappa shape index (κ3) is 7.34. The number of nitrogens with one attached hydrogen (secondary N) is 2. The third-order valence-corrected chi connectivity index (χ3v) is 4.27. The van der Waals surface area contributed by atoms with Crippen LogP contribution in [0, 0.1) is 6.92 Å². The lowest BCUT2D eigenvalue weighted by atomic mass is 10.1. The van der Waals surface area contributed by atoms with Gasteiger partial charge in [0.25, 0.3) is 0 Å². The fourth-order valence-electron chi connectivity index (χ4n) is 2.76. The summed E-state index contributed by atoms with van der Waals surface area (Å²) in [5, 5.41) is 11.0. The first-order chi connectivity index (χ1) is 13.2. The van der Waals surface area contributed by atoms with Crippen LogP contribution in [0.5, 0.6) is 0 Å². The number of anilines is 1. The molecule has 6 heteroatoms. The first-order valence-electron chi connectivity index (χ1n) is 9.32. The molecule has 5 nitrogen and oxygen atoms in total. The minimum Gasteiger partial charge on any atom is -0.356 e. The summed E-state index contributed by atoms with van der Waals surface area (Å²) in [4.78, 5) is 4.75. The van der Waals surface area contributed by atoms with Crippen LogP contribution in [0.4, 0.5) is 5.69 Å². The average Bonchev–Trinajstić information content (AvgIpc) is 3.10. The lowest BCUT2D eigenvalue weighted by Crippen LogP contribution is -2.32. The Bertz CT molecular complexity index is 856. The van der Waals surface area contributed by atoms with Crippen molar-refractivity contribution in [3.05, 3.63) is 83.7 Å².